The second-order valence-corrected chi connectivity index (χ2v) is 16.7. The minimum atomic E-state index is -2.69. The number of hydrogen-bond acceptors (Lipinski definition) is 9. The minimum Gasteiger partial charge on any atom is -0.378 e. The van der Waals surface area contributed by atoms with Crippen molar-refractivity contribution < 1.29 is 23.1 Å². The van der Waals surface area contributed by atoms with Gasteiger partial charge in [-0.15, -0.1) is 0 Å². The van der Waals surface area contributed by atoms with Crippen LogP contribution in [-0.2, 0) is 14.3 Å². The zero-order valence-electron chi connectivity index (χ0n) is 31.6. The summed E-state index contributed by atoms with van der Waals surface area (Å²) in [7, 11) is 0. The lowest BCUT2D eigenvalue weighted by Gasteiger charge is -2.59. The van der Waals surface area contributed by atoms with Crippen LogP contribution in [0.15, 0.2) is 49.1 Å². The molecule has 1 unspecified atom stereocenters. The van der Waals surface area contributed by atoms with Crippen molar-refractivity contribution in [3.8, 4) is 16.8 Å². The third-order valence-corrected chi connectivity index (χ3v) is 13.0. The monoisotopic (exact) mass is 767 g/mol. The zero-order chi connectivity index (χ0) is 38.1. The van der Waals surface area contributed by atoms with Crippen molar-refractivity contribution >= 4 is 28.5 Å². The first-order valence-corrected chi connectivity index (χ1v) is 20.0. The van der Waals surface area contributed by atoms with Gasteiger partial charge in [0, 0.05) is 62.4 Å². The molecule has 3 saturated heterocycles. The number of hydrogen-bond donors (Lipinski definition) is 1. The van der Waals surface area contributed by atoms with Crippen molar-refractivity contribution in [2.24, 2.45) is 11.3 Å². The van der Waals surface area contributed by atoms with Gasteiger partial charge in [-0.3, -0.25) is 29.0 Å². The number of rotatable bonds is 9. The van der Waals surface area contributed by atoms with Gasteiger partial charge in [0.05, 0.1) is 55.1 Å². The van der Waals surface area contributed by atoms with E-state index in [4.69, 9.17) is 14.9 Å². The number of nitrogens with zero attached hydrogens (tertiary/aromatic N) is 10. The van der Waals surface area contributed by atoms with E-state index in [-0.39, 0.29) is 23.6 Å². The average Bonchev–Trinajstić information content (AvgIpc) is 3.99. The molecular formula is C40H47F2N11O3. The number of piperidine rings is 1. The predicted molar refractivity (Wildman–Crippen MR) is 203 cm³/mol. The van der Waals surface area contributed by atoms with E-state index in [2.05, 4.69) is 42.3 Å². The molecule has 0 bridgehead atoms. The van der Waals surface area contributed by atoms with Gasteiger partial charge in [0.15, 0.2) is 5.69 Å². The largest absolute Gasteiger partial charge is 0.378 e. The number of imide groups is 1. The summed E-state index contributed by atoms with van der Waals surface area (Å²) >= 11 is 0. The normalized spacial score (nSPS) is 24.6. The highest BCUT2D eigenvalue weighted by atomic mass is 19.3. The van der Waals surface area contributed by atoms with Gasteiger partial charge in [0.2, 0.25) is 5.91 Å². The van der Waals surface area contributed by atoms with Crippen molar-refractivity contribution in [1.29, 1.82) is 0 Å². The summed E-state index contributed by atoms with van der Waals surface area (Å²) in [5.74, 6) is 0.852. The van der Waals surface area contributed by atoms with E-state index < -0.39 is 12.5 Å². The van der Waals surface area contributed by atoms with E-state index >= 15 is 0 Å². The number of nitrogens with one attached hydrogen (secondary N) is 1. The van der Waals surface area contributed by atoms with Crippen LogP contribution < -0.4 is 10.2 Å². The maximum Gasteiger partial charge on any atom is 0.284 e. The summed E-state index contributed by atoms with van der Waals surface area (Å²) in [6.07, 6.45) is 11.8. The molecule has 1 atom stereocenters. The quantitative estimate of drug-likeness (QED) is 0.196. The van der Waals surface area contributed by atoms with Gasteiger partial charge in [-0.1, -0.05) is 12.1 Å². The summed E-state index contributed by atoms with van der Waals surface area (Å²) < 4.78 is 41.3. The summed E-state index contributed by atoms with van der Waals surface area (Å²) in [6, 6.07) is 7.91. The SMILES string of the molecule is Cc1nn(C2CCC(=O)NC2=O)c2cccc(-c3cnn(C4CC5(C4)CN(CC4CCC(n6cc(-n7nccc7N7CCOCC7)c(C(F)F)n6)CC4)C5)c3)c12. The molecule has 3 aliphatic heterocycles. The first kappa shape index (κ1) is 35.5. The molecule has 5 aliphatic rings. The predicted octanol–water partition coefficient (Wildman–Crippen LogP) is 5.41. The van der Waals surface area contributed by atoms with Crippen LogP contribution >= 0.6 is 0 Å². The molecule has 1 N–H and O–H groups in total. The van der Waals surface area contributed by atoms with E-state index in [9.17, 15) is 18.4 Å². The lowest BCUT2D eigenvalue weighted by atomic mass is 9.60. The maximum atomic E-state index is 14.3. The van der Waals surface area contributed by atoms with Gasteiger partial charge in [-0.2, -0.15) is 20.4 Å². The van der Waals surface area contributed by atoms with Crippen LogP contribution in [0.2, 0.25) is 0 Å². The Hall–Kier alpha value is -4.96. The lowest BCUT2D eigenvalue weighted by molar-refractivity contribution is -0.135. The number of morpholine rings is 1. The van der Waals surface area contributed by atoms with Crippen LogP contribution in [0, 0.1) is 18.3 Å². The highest BCUT2D eigenvalue weighted by molar-refractivity contribution is 6.01. The molecule has 2 amide bonds. The van der Waals surface area contributed by atoms with Crippen LogP contribution in [0.25, 0.3) is 27.7 Å². The Morgan fingerprint density at radius 3 is 2.52 bits per heavy atom. The molecule has 16 heteroatoms. The van der Waals surface area contributed by atoms with Crippen molar-refractivity contribution in [2.75, 3.05) is 50.8 Å². The van der Waals surface area contributed by atoms with E-state index in [0.717, 1.165) is 91.7 Å². The number of anilines is 1. The molecule has 5 fully saturated rings. The molecule has 0 radical (unpaired) electrons. The zero-order valence-corrected chi connectivity index (χ0v) is 31.6. The number of amides is 2. The maximum absolute atomic E-state index is 14.3. The Morgan fingerprint density at radius 2 is 1.75 bits per heavy atom. The second-order valence-electron chi connectivity index (χ2n) is 16.7. The molecule has 10 rings (SSSR count). The number of carbonyl (C=O) groups excluding carboxylic acids is 2. The molecule has 1 aromatic carbocycles. The van der Waals surface area contributed by atoms with Crippen molar-refractivity contribution in [3.63, 3.8) is 0 Å². The molecule has 2 aliphatic carbocycles. The van der Waals surface area contributed by atoms with Gasteiger partial charge in [-0.05, 0) is 74.8 Å². The third-order valence-electron chi connectivity index (χ3n) is 13.0. The number of fused-ring (bicyclic) bond motifs is 1. The summed E-state index contributed by atoms with van der Waals surface area (Å²) in [5, 5.41) is 21.9. The van der Waals surface area contributed by atoms with Crippen LogP contribution in [0.4, 0.5) is 14.6 Å². The number of ether oxygens (including phenoxy) is 1. The Balaban J connectivity index is 0.733. The molecule has 2 saturated carbocycles. The molecule has 5 aromatic rings. The molecule has 7 heterocycles. The van der Waals surface area contributed by atoms with E-state index in [1.54, 1.807) is 26.4 Å². The number of aromatic nitrogens is 8. The number of halogens is 2. The minimum absolute atomic E-state index is 0.103. The molecule has 294 valence electrons. The van der Waals surface area contributed by atoms with E-state index in [0.29, 0.717) is 62.2 Å². The fraction of sp³-hybridized carbons (Fsp3) is 0.550. The van der Waals surface area contributed by atoms with Crippen molar-refractivity contribution in [3.05, 3.63) is 60.4 Å². The Kier molecular flexibility index (Phi) is 8.80. The van der Waals surface area contributed by atoms with Crippen molar-refractivity contribution in [1.82, 2.24) is 49.3 Å². The molecule has 56 heavy (non-hydrogen) atoms. The number of carbonyl (C=O) groups is 2. The molecule has 4 aromatic heterocycles. The van der Waals surface area contributed by atoms with Crippen LogP contribution in [0.3, 0.4) is 0 Å². The first-order valence-electron chi connectivity index (χ1n) is 20.0. The molecule has 1 spiro atoms. The fourth-order valence-corrected chi connectivity index (χ4v) is 10.2. The van der Waals surface area contributed by atoms with Gasteiger partial charge >= 0.3 is 0 Å². The number of likely N-dealkylation sites (tertiary alicyclic amines) is 1. The van der Waals surface area contributed by atoms with Crippen LogP contribution in [0.1, 0.15) is 87.3 Å². The standard InChI is InChI=1S/C40H47F2N11O3/c1-25-36-30(3-2-4-31(36)52(46-25)32-9-10-34(54)45-39(32)55)27-19-44-50(21-27)29-17-40(18-29)23-48(24-40)20-26-5-7-28(8-6-26)51-22-33(37(47-51)38(41)42)53-35(11-12-43-53)49-13-15-56-16-14-49/h2-4,11-12,19,21-22,26,28-29,32,38H,5-10,13-18,20,23-24H2,1H3,(H,45,54,55). The second kappa shape index (κ2) is 13.9. The van der Waals surface area contributed by atoms with Crippen molar-refractivity contribution in [2.45, 2.75) is 82.8 Å². The fourth-order valence-electron chi connectivity index (χ4n) is 10.2. The Labute approximate surface area is 322 Å². The third kappa shape index (κ3) is 6.21. The Morgan fingerprint density at radius 1 is 0.946 bits per heavy atom. The van der Waals surface area contributed by atoms with Gasteiger partial charge < -0.3 is 14.5 Å². The lowest BCUT2D eigenvalue weighted by Crippen LogP contribution is -2.63. The van der Waals surface area contributed by atoms with E-state index in [1.807, 2.05) is 31.3 Å². The van der Waals surface area contributed by atoms with E-state index in [1.165, 1.54) is 0 Å². The summed E-state index contributed by atoms with van der Waals surface area (Å²) in [6.45, 7) is 7.88. The Bertz CT molecular complexity index is 2260. The number of alkyl halides is 2. The molecule has 14 nitrogen and oxygen atoms in total. The topological polar surface area (TPSA) is 133 Å². The van der Waals surface area contributed by atoms with Gasteiger partial charge in [0.1, 0.15) is 17.5 Å². The highest BCUT2D eigenvalue weighted by Crippen LogP contribution is 2.54. The number of aryl methyl sites for hydroxylation is 1. The average molecular weight is 768 g/mol. The van der Waals surface area contributed by atoms with Crippen LogP contribution in [-0.4, -0.2) is 102 Å². The van der Waals surface area contributed by atoms with Crippen LogP contribution in [0.5, 0.6) is 0 Å². The van der Waals surface area contributed by atoms with Gasteiger partial charge in [0.25, 0.3) is 12.3 Å². The number of benzene rings is 1. The highest BCUT2D eigenvalue weighted by Gasteiger charge is 2.53. The van der Waals surface area contributed by atoms with Gasteiger partial charge in [-0.25, -0.2) is 13.5 Å². The summed E-state index contributed by atoms with van der Waals surface area (Å²) in [5.41, 5.74) is 4.30. The summed E-state index contributed by atoms with van der Waals surface area (Å²) in [4.78, 5) is 29.1. The smallest absolute Gasteiger partial charge is 0.284 e. The molecular weight excluding hydrogens is 721 g/mol. The first-order chi connectivity index (χ1) is 27.2.